The molecule has 10 nitrogen and oxygen atoms in total. The maximum Gasteiger partial charge on any atom is 0.338 e. The minimum atomic E-state index is -0.362. The number of halogens is 2. The normalized spacial score (nSPS) is 20.9. The summed E-state index contributed by atoms with van der Waals surface area (Å²) < 4.78 is 4.96. The van der Waals surface area contributed by atoms with Gasteiger partial charge in [-0.1, -0.05) is 36.2 Å². The zero-order chi connectivity index (χ0) is 28.4. The minimum Gasteiger partial charge on any atom is -0.465 e. The van der Waals surface area contributed by atoms with Crippen LogP contribution < -0.4 is 16.0 Å². The fourth-order valence-electron chi connectivity index (χ4n) is 5.81. The SMILES string of the molecule is CC[C@H]1CN(c2nc(N)c(C(=O)NC3CC3)nc2Cl)CCN1C1CCN(Cc2ccc(Cl)cc2C(=O)OC)CC1. The molecule has 3 N–H and O–H groups in total. The number of benzene rings is 1. The van der Waals surface area contributed by atoms with Crippen molar-refractivity contribution < 1.29 is 14.3 Å². The Bertz CT molecular complexity index is 1250. The average molecular weight is 591 g/mol. The smallest absolute Gasteiger partial charge is 0.338 e. The second-order valence-electron chi connectivity index (χ2n) is 10.9. The van der Waals surface area contributed by atoms with E-state index in [0.717, 1.165) is 70.4 Å². The molecule has 0 unspecified atom stereocenters. The molecular formula is C28H37Cl2N7O3. The second kappa shape index (κ2) is 12.5. The lowest BCUT2D eigenvalue weighted by atomic mass is 9.97. The lowest BCUT2D eigenvalue weighted by Crippen LogP contribution is -2.58. The van der Waals surface area contributed by atoms with Gasteiger partial charge in [0.2, 0.25) is 0 Å². The number of esters is 1. The van der Waals surface area contributed by atoms with Gasteiger partial charge in [0.05, 0.1) is 12.7 Å². The number of methoxy groups -OCH3 is 1. The number of piperidine rings is 1. The molecule has 2 aliphatic heterocycles. The van der Waals surface area contributed by atoms with E-state index in [0.29, 0.717) is 35.0 Å². The predicted octanol–water partition coefficient (Wildman–Crippen LogP) is 3.61. The molecule has 1 aromatic carbocycles. The van der Waals surface area contributed by atoms with Crippen LogP contribution in [0.1, 0.15) is 65.4 Å². The number of rotatable bonds is 8. The Morgan fingerprint density at radius 2 is 1.85 bits per heavy atom. The third kappa shape index (κ3) is 6.46. The van der Waals surface area contributed by atoms with Gasteiger partial charge < -0.3 is 20.7 Å². The van der Waals surface area contributed by atoms with Crippen molar-refractivity contribution in [1.82, 2.24) is 25.1 Å². The molecular weight excluding hydrogens is 553 g/mol. The lowest BCUT2D eigenvalue weighted by molar-refractivity contribution is 0.0576. The largest absolute Gasteiger partial charge is 0.465 e. The van der Waals surface area contributed by atoms with Crippen LogP contribution in [0, 0.1) is 0 Å². The Balaban J connectivity index is 1.19. The van der Waals surface area contributed by atoms with E-state index in [9.17, 15) is 9.59 Å². The molecule has 40 heavy (non-hydrogen) atoms. The summed E-state index contributed by atoms with van der Waals surface area (Å²) in [5, 5.41) is 3.63. The number of anilines is 2. The molecule has 3 heterocycles. The molecule has 5 rings (SSSR count). The summed E-state index contributed by atoms with van der Waals surface area (Å²) in [7, 11) is 1.39. The number of nitrogens with two attached hydrogens (primary N) is 1. The number of amides is 1. The molecule has 3 aliphatic rings. The van der Waals surface area contributed by atoms with E-state index >= 15 is 0 Å². The zero-order valence-electron chi connectivity index (χ0n) is 23.0. The van der Waals surface area contributed by atoms with Crippen LogP contribution >= 0.6 is 23.2 Å². The molecule has 2 saturated heterocycles. The number of hydrogen-bond acceptors (Lipinski definition) is 9. The third-order valence-electron chi connectivity index (χ3n) is 8.19. The molecule has 216 valence electrons. The highest BCUT2D eigenvalue weighted by Crippen LogP contribution is 2.30. The maximum absolute atomic E-state index is 12.5. The van der Waals surface area contributed by atoms with Crippen LogP contribution in [0.2, 0.25) is 10.2 Å². The molecule has 0 radical (unpaired) electrons. The van der Waals surface area contributed by atoms with Crippen molar-refractivity contribution in [2.45, 2.75) is 63.7 Å². The van der Waals surface area contributed by atoms with E-state index < -0.39 is 0 Å². The van der Waals surface area contributed by atoms with Gasteiger partial charge >= 0.3 is 5.97 Å². The molecule has 1 saturated carbocycles. The van der Waals surface area contributed by atoms with Gasteiger partial charge in [0.1, 0.15) is 0 Å². The first-order valence-electron chi connectivity index (χ1n) is 14.0. The molecule has 0 bridgehead atoms. The number of nitrogens with zero attached hydrogens (tertiary/aromatic N) is 5. The number of likely N-dealkylation sites (tertiary alicyclic amines) is 1. The standard InChI is InChI=1S/C28H37Cl2N7O3/c1-3-20-16-36(26-24(30)33-23(25(31)34-26)27(38)32-19-6-7-19)12-13-37(20)21-8-10-35(11-9-21)15-17-4-5-18(29)14-22(17)28(39)40-2/h4-5,14,19-21H,3,6-13,15-16H2,1-2H3,(H2,31,34)(H,32,38)/t20-/m0/s1. The molecule has 2 aromatic rings. The quantitative estimate of drug-likeness (QED) is 0.445. The lowest BCUT2D eigenvalue weighted by Gasteiger charge is -2.47. The number of nitrogen functional groups attached to an aromatic ring is 1. The minimum absolute atomic E-state index is 0.0930. The summed E-state index contributed by atoms with van der Waals surface area (Å²) in [6.07, 6.45) is 5.05. The summed E-state index contributed by atoms with van der Waals surface area (Å²) in [4.78, 5) is 40.7. The number of carbonyl (C=O) groups is 2. The Morgan fingerprint density at radius 3 is 2.52 bits per heavy atom. The van der Waals surface area contributed by atoms with E-state index in [1.165, 1.54) is 7.11 Å². The van der Waals surface area contributed by atoms with Crippen LogP contribution in [-0.2, 0) is 11.3 Å². The Labute approximate surface area is 245 Å². The Hall–Kier alpha value is -2.66. The molecule has 3 fully saturated rings. The van der Waals surface area contributed by atoms with Crippen molar-refractivity contribution in [2.75, 3.05) is 50.5 Å². The number of aromatic nitrogens is 2. The molecule has 1 amide bonds. The fourth-order valence-corrected chi connectivity index (χ4v) is 6.23. The summed E-state index contributed by atoms with van der Waals surface area (Å²) in [5.41, 5.74) is 7.70. The first-order chi connectivity index (χ1) is 19.3. The average Bonchev–Trinajstić information content (AvgIpc) is 3.78. The monoisotopic (exact) mass is 589 g/mol. The maximum atomic E-state index is 12.5. The van der Waals surface area contributed by atoms with Crippen molar-refractivity contribution in [3.63, 3.8) is 0 Å². The van der Waals surface area contributed by atoms with E-state index in [1.807, 2.05) is 12.1 Å². The number of hydrogen-bond donors (Lipinski definition) is 2. The number of carbonyl (C=O) groups excluding carboxylic acids is 2. The second-order valence-corrected chi connectivity index (χ2v) is 11.7. The van der Waals surface area contributed by atoms with Gasteiger partial charge in [-0.15, -0.1) is 0 Å². The highest BCUT2D eigenvalue weighted by molar-refractivity contribution is 6.32. The van der Waals surface area contributed by atoms with Gasteiger partial charge in [-0.2, -0.15) is 0 Å². The van der Waals surface area contributed by atoms with Crippen molar-refractivity contribution in [2.24, 2.45) is 0 Å². The van der Waals surface area contributed by atoms with Gasteiger partial charge in [-0.3, -0.25) is 14.6 Å². The zero-order valence-corrected chi connectivity index (χ0v) is 24.5. The number of nitrogens with one attached hydrogen (secondary N) is 1. The number of ether oxygens (including phenoxy) is 1. The van der Waals surface area contributed by atoms with E-state index in [4.69, 9.17) is 33.7 Å². The van der Waals surface area contributed by atoms with Crippen LogP contribution in [0.4, 0.5) is 11.6 Å². The first-order valence-corrected chi connectivity index (χ1v) is 14.8. The van der Waals surface area contributed by atoms with Gasteiger partial charge in [0.15, 0.2) is 22.5 Å². The fraction of sp³-hybridized carbons (Fsp3) is 0.571. The Kier molecular flexibility index (Phi) is 8.99. The Morgan fingerprint density at radius 1 is 1.10 bits per heavy atom. The van der Waals surface area contributed by atoms with Gasteiger partial charge in [0.25, 0.3) is 5.91 Å². The molecule has 1 atom stereocenters. The molecule has 1 aliphatic carbocycles. The summed E-state index contributed by atoms with van der Waals surface area (Å²) in [5.74, 6) is -0.0317. The van der Waals surface area contributed by atoms with Crippen molar-refractivity contribution in [1.29, 1.82) is 0 Å². The van der Waals surface area contributed by atoms with E-state index in [1.54, 1.807) is 6.07 Å². The topological polar surface area (TPSA) is 117 Å². The predicted molar refractivity (Wildman–Crippen MR) is 156 cm³/mol. The van der Waals surface area contributed by atoms with E-state index in [2.05, 4.69) is 36.9 Å². The molecule has 1 aromatic heterocycles. The third-order valence-corrected chi connectivity index (χ3v) is 8.68. The van der Waals surface area contributed by atoms with Gasteiger partial charge in [-0.05, 0) is 62.9 Å². The van der Waals surface area contributed by atoms with Crippen LogP contribution in [0.5, 0.6) is 0 Å². The van der Waals surface area contributed by atoms with Gasteiger partial charge in [-0.25, -0.2) is 14.8 Å². The van der Waals surface area contributed by atoms with Crippen molar-refractivity contribution in [3.8, 4) is 0 Å². The molecule has 0 spiro atoms. The van der Waals surface area contributed by atoms with Crippen LogP contribution in [0.15, 0.2) is 18.2 Å². The first kappa shape index (κ1) is 28.9. The van der Waals surface area contributed by atoms with Crippen LogP contribution in [-0.4, -0.2) is 89.6 Å². The highest BCUT2D eigenvalue weighted by atomic mass is 35.5. The van der Waals surface area contributed by atoms with Crippen molar-refractivity contribution in [3.05, 3.63) is 45.2 Å². The number of piperazine rings is 1. The highest BCUT2D eigenvalue weighted by Gasteiger charge is 2.35. The summed E-state index contributed by atoms with van der Waals surface area (Å²) >= 11 is 12.7. The van der Waals surface area contributed by atoms with Crippen molar-refractivity contribution >= 4 is 46.7 Å². The van der Waals surface area contributed by atoms with Crippen LogP contribution in [0.3, 0.4) is 0 Å². The summed E-state index contributed by atoms with van der Waals surface area (Å²) in [6.45, 7) is 7.20. The molecule has 12 heteroatoms. The van der Waals surface area contributed by atoms with E-state index in [-0.39, 0.29) is 34.6 Å². The van der Waals surface area contributed by atoms with Gasteiger partial charge in [0, 0.05) is 49.3 Å². The van der Waals surface area contributed by atoms with Crippen LogP contribution in [0.25, 0.3) is 0 Å². The summed E-state index contributed by atoms with van der Waals surface area (Å²) in [6, 6.07) is 6.44.